The molecule has 2 aliphatic rings. The summed E-state index contributed by atoms with van der Waals surface area (Å²) in [5.74, 6) is 0.706. The molecular weight excluding hydrogens is 601 g/mol. The van der Waals surface area contributed by atoms with Crippen molar-refractivity contribution in [3.63, 3.8) is 0 Å². The SMILES string of the molecule is C[C@@H]1OCC2(CCN(c3nc4cnn(-c5ccc6cncn6c5)c4nc3COS(=O)C(C)(C)C)CC2)[C@@H]1NS(=O)C(C)(C)C. The maximum atomic E-state index is 13.1. The first-order valence-corrected chi connectivity index (χ1v) is 17.2. The molecule has 4 aromatic rings. The maximum absolute atomic E-state index is 13.1. The van der Waals surface area contributed by atoms with Gasteiger partial charge in [-0.05, 0) is 73.4 Å². The van der Waals surface area contributed by atoms with Crippen molar-refractivity contribution in [2.75, 3.05) is 24.6 Å². The standard InChI is InChI=1S/C30H42N8O4S2/c1-20-25(35-43(39)28(2,3)4)30(18-41-20)10-12-36(13-11-30)26-24(17-42-44(40)29(5,6)7)34-27-23(33-26)15-32-38(27)22-9-8-21-14-31-19-37(21)16-22/h8-9,14-16,19-20,25,35H,10-13,17-18H2,1-7H3/t20-,25+,43?,44?/m0/s1. The van der Waals surface area contributed by atoms with Gasteiger partial charge in [0.25, 0.3) is 0 Å². The molecular formula is C30H42N8O4S2. The molecule has 2 saturated heterocycles. The third kappa shape index (κ3) is 5.94. The number of fused-ring (bicyclic) bond motifs is 2. The summed E-state index contributed by atoms with van der Waals surface area (Å²) in [5, 5.41) is 4.63. The lowest BCUT2D eigenvalue weighted by atomic mass is 9.73. The number of piperidine rings is 1. The first-order chi connectivity index (χ1) is 20.7. The van der Waals surface area contributed by atoms with Gasteiger partial charge < -0.3 is 14.0 Å². The van der Waals surface area contributed by atoms with Gasteiger partial charge in [0.15, 0.2) is 22.5 Å². The van der Waals surface area contributed by atoms with Crippen LogP contribution in [-0.4, -0.2) is 78.9 Å². The van der Waals surface area contributed by atoms with E-state index in [9.17, 15) is 8.42 Å². The summed E-state index contributed by atoms with van der Waals surface area (Å²) in [4.78, 5) is 16.5. The van der Waals surface area contributed by atoms with Crippen LogP contribution in [0.5, 0.6) is 0 Å². The number of hydrogen-bond donors (Lipinski definition) is 1. The van der Waals surface area contributed by atoms with Crippen LogP contribution in [0.25, 0.3) is 22.4 Å². The smallest absolute Gasteiger partial charge is 0.182 e. The van der Waals surface area contributed by atoms with Gasteiger partial charge in [0, 0.05) is 24.7 Å². The molecule has 0 bridgehead atoms. The zero-order valence-corrected chi connectivity index (χ0v) is 28.1. The molecule has 0 radical (unpaired) electrons. The van der Waals surface area contributed by atoms with Crippen molar-refractivity contribution in [1.29, 1.82) is 0 Å². The lowest BCUT2D eigenvalue weighted by Gasteiger charge is -2.43. The molecule has 4 aromatic heterocycles. The molecule has 6 heterocycles. The van der Waals surface area contributed by atoms with Gasteiger partial charge >= 0.3 is 0 Å². The second-order valence-electron chi connectivity index (χ2n) is 13.8. The number of pyridine rings is 1. The molecule has 0 saturated carbocycles. The highest BCUT2D eigenvalue weighted by Crippen LogP contribution is 2.44. The van der Waals surface area contributed by atoms with E-state index in [4.69, 9.17) is 18.9 Å². The Hall–Kier alpha value is -2.78. The van der Waals surface area contributed by atoms with Gasteiger partial charge in [-0.2, -0.15) is 5.10 Å². The Labute approximate surface area is 263 Å². The van der Waals surface area contributed by atoms with Crippen LogP contribution < -0.4 is 9.62 Å². The van der Waals surface area contributed by atoms with Crippen molar-refractivity contribution < 1.29 is 17.3 Å². The van der Waals surface area contributed by atoms with E-state index in [0.717, 1.165) is 37.1 Å². The second kappa shape index (κ2) is 11.5. The summed E-state index contributed by atoms with van der Waals surface area (Å²) in [6.07, 6.45) is 8.86. The van der Waals surface area contributed by atoms with Crippen LogP contribution in [0.3, 0.4) is 0 Å². The van der Waals surface area contributed by atoms with E-state index in [1.165, 1.54) is 0 Å². The second-order valence-corrected chi connectivity index (χ2v) is 17.8. The molecule has 0 aromatic carbocycles. The highest BCUT2D eigenvalue weighted by atomic mass is 32.2. The average Bonchev–Trinajstić information content (AvgIpc) is 3.68. The number of hydrogen-bond acceptors (Lipinski definition) is 9. The number of nitrogens with zero attached hydrogens (tertiary/aromatic N) is 7. The Morgan fingerprint density at radius 3 is 2.52 bits per heavy atom. The Kier molecular flexibility index (Phi) is 8.19. The predicted octanol–water partition coefficient (Wildman–Crippen LogP) is 3.87. The van der Waals surface area contributed by atoms with Gasteiger partial charge in [0.1, 0.15) is 17.8 Å². The van der Waals surface area contributed by atoms with Gasteiger partial charge in [-0.15, -0.1) is 0 Å². The van der Waals surface area contributed by atoms with Crippen LogP contribution in [0.2, 0.25) is 0 Å². The minimum atomic E-state index is -1.53. The molecule has 0 amide bonds. The first kappa shape index (κ1) is 31.2. The van der Waals surface area contributed by atoms with E-state index >= 15 is 0 Å². The molecule has 12 nitrogen and oxygen atoms in total. The molecule has 4 atom stereocenters. The Morgan fingerprint density at radius 1 is 1.07 bits per heavy atom. The molecule has 238 valence electrons. The number of ether oxygens (including phenoxy) is 1. The summed E-state index contributed by atoms with van der Waals surface area (Å²) in [5.41, 5.74) is 3.52. The summed E-state index contributed by atoms with van der Waals surface area (Å²) < 4.78 is 44.2. The van der Waals surface area contributed by atoms with Crippen molar-refractivity contribution in [3.05, 3.63) is 42.7 Å². The Bertz CT molecular complexity index is 1720. The van der Waals surface area contributed by atoms with Gasteiger partial charge in [-0.3, -0.25) is 4.18 Å². The highest BCUT2D eigenvalue weighted by Gasteiger charge is 2.51. The Balaban J connectivity index is 1.31. The molecule has 14 heteroatoms. The maximum Gasteiger partial charge on any atom is 0.182 e. The van der Waals surface area contributed by atoms with E-state index in [2.05, 4.69) is 26.6 Å². The normalized spacial score (nSPS) is 22.3. The number of rotatable bonds is 7. The van der Waals surface area contributed by atoms with E-state index < -0.39 is 26.8 Å². The van der Waals surface area contributed by atoms with E-state index in [1.807, 2.05) is 64.3 Å². The lowest BCUT2D eigenvalue weighted by Crippen LogP contribution is -2.55. The molecule has 1 N–H and O–H groups in total. The lowest BCUT2D eigenvalue weighted by molar-refractivity contribution is 0.0973. The minimum absolute atomic E-state index is 0.0126. The molecule has 2 fully saturated rings. The summed E-state index contributed by atoms with van der Waals surface area (Å²) in [6.45, 7) is 15.8. The predicted molar refractivity (Wildman–Crippen MR) is 172 cm³/mol. The number of imidazole rings is 1. The fourth-order valence-electron chi connectivity index (χ4n) is 5.85. The van der Waals surface area contributed by atoms with Crippen molar-refractivity contribution in [2.45, 2.75) is 89.6 Å². The summed E-state index contributed by atoms with van der Waals surface area (Å²) in [6, 6.07) is 3.93. The summed E-state index contributed by atoms with van der Waals surface area (Å²) in [7, 11) is -1.20. The fourth-order valence-corrected chi connectivity index (χ4v) is 7.44. The number of nitrogens with one attached hydrogen (secondary N) is 1. The third-order valence-corrected chi connectivity index (χ3v) is 11.4. The topological polar surface area (TPSA) is 129 Å². The van der Waals surface area contributed by atoms with Crippen molar-refractivity contribution >= 4 is 44.6 Å². The number of anilines is 1. The molecule has 1 spiro atoms. The number of aromatic nitrogens is 6. The molecule has 2 unspecified atom stereocenters. The summed E-state index contributed by atoms with van der Waals surface area (Å²) >= 11 is -1.53. The molecule has 0 aliphatic carbocycles. The van der Waals surface area contributed by atoms with Crippen molar-refractivity contribution in [1.82, 2.24) is 33.9 Å². The van der Waals surface area contributed by atoms with E-state index in [1.54, 1.807) is 23.4 Å². The monoisotopic (exact) mass is 642 g/mol. The fraction of sp³-hybridized carbons (Fsp3) is 0.600. The van der Waals surface area contributed by atoms with Crippen LogP contribution in [-0.2, 0) is 37.6 Å². The van der Waals surface area contributed by atoms with Crippen molar-refractivity contribution in [3.8, 4) is 5.69 Å². The van der Waals surface area contributed by atoms with Gasteiger partial charge in [-0.1, -0.05) is 0 Å². The largest absolute Gasteiger partial charge is 0.376 e. The van der Waals surface area contributed by atoms with Gasteiger partial charge in [0.2, 0.25) is 0 Å². The zero-order valence-electron chi connectivity index (χ0n) is 26.4. The van der Waals surface area contributed by atoms with Gasteiger partial charge in [-0.25, -0.2) is 32.8 Å². The quantitative estimate of drug-likeness (QED) is 0.320. The van der Waals surface area contributed by atoms with Gasteiger partial charge in [0.05, 0.1) is 69.2 Å². The van der Waals surface area contributed by atoms with E-state index in [-0.39, 0.29) is 28.9 Å². The average molecular weight is 643 g/mol. The molecule has 2 aliphatic heterocycles. The highest BCUT2D eigenvalue weighted by molar-refractivity contribution is 7.84. The van der Waals surface area contributed by atoms with Crippen LogP contribution in [0.15, 0.2) is 37.1 Å². The van der Waals surface area contributed by atoms with Crippen LogP contribution in [0.4, 0.5) is 5.82 Å². The van der Waals surface area contributed by atoms with Crippen LogP contribution >= 0.6 is 0 Å². The zero-order chi connectivity index (χ0) is 31.4. The molecule has 6 rings (SSSR count). The molecule has 44 heavy (non-hydrogen) atoms. The Morgan fingerprint density at radius 2 is 1.82 bits per heavy atom. The van der Waals surface area contributed by atoms with Crippen LogP contribution in [0, 0.1) is 5.41 Å². The van der Waals surface area contributed by atoms with Crippen LogP contribution in [0.1, 0.15) is 67.0 Å². The third-order valence-electron chi connectivity index (χ3n) is 8.50. The van der Waals surface area contributed by atoms with Crippen molar-refractivity contribution in [2.24, 2.45) is 5.41 Å². The first-order valence-electron chi connectivity index (χ1n) is 15.0. The minimum Gasteiger partial charge on any atom is -0.376 e. The van der Waals surface area contributed by atoms with E-state index in [0.29, 0.717) is 29.3 Å².